The van der Waals surface area contributed by atoms with Gasteiger partial charge >= 0.3 is 0 Å². The minimum atomic E-state index is 0.181. The molecule has 8 N–H and O–H groups in total. The van der Waals surface area contributed by atoms with E-state index in [1.54, 1.807) is 0 Å². The van der Waals surface area contributed by atoms with E-state index in [0.717, 1.165) is 32.2 Å². The first kappa shape index (κ1) is 24.1. The molecule has 0 spiro atoms. The van der Waals surface area contributed by atoms with Crippen LogP contribution in [-0.4, -0.2) is 74.3 Å². The zero-order valence-corrected chi connectivity index (χ0v) is 18.3. The summed E-state index contributed by atoms with van der Waals surface area (Å²) < 4.78 is 0. The van der Waals surface area contributed by atoms with Crippen molar-refractivity contribution in [2.75, 3.05) is 71.6 Å². The third kappa shape index (κ3) is 9.42. The highest BCUT2D eigenvalue weighted by Gasteiger charge is 2.06. The summed E-state index contributed by atoms with van der Waals surface area (Å²) in [6, 6.07) is 0. The molecule has 172 valence electrons. The molecule has 0 bridgehead atoms. The highest BCUT2D eigenvalue weighted by molar-refractivity contribution is 5.42. The van der Waals surface area contributed by atoms with Crippen molar-refractivity contribution in [2.45, 2.75) is 39.5 Å². The second kappa shape index (κ2) is 13.9. The fourth-order valence-corrected chi connectivity index (χ4v) is 2.57. The van der Waals surface area contributed by atoms with E-state index >= 15 is 0 Å². The van der Waals surface area contributed by atoms with E-state index in [0.29, 0.717) is 55.9 Å². The Morgan fingerprint density at radius 1 is 0.581 bits per heavy atom. The number of aliphatic hydroxyl groups is 1. The zero-order valence-electron chi connectivity index (χ0n) is 18.3. The van der Waals surface area contributed by atoms with Crippen LogP contribution < -0.4 is 32.3 Å². The van der Waals surface area contributed by atoms with Crippen molar-refractivity contribution in [3.8, 4) is 0 Å². The van der Waals surface area contributed by atoms with Gasteiger partial charge in [0, 0.05) is 39.3 Å². The molecule has 0 aliphatic heterocycles. The molecule has 0 fully saturated rings. The van der Waals surface area contributed by atoms with E-state index in [4.69, 9.17) is 10.8 Å². The lowest BCUT2D eigenvalue weighted by Crippen LogP contribution is -2.15. The van der Waals surface area contributed by atoms with Gasteiger partial charge in [-0.3, -0.25) is 0 Å². The van der Waals surface area contributed by atoms with Crippen LogP contribution in [0.25, 0.3) is 0 Å². The Balaban J connectivity index is 1.76. The third-order valence-corrected chi connectivity index (χ3v) is 4.00. The van der Waals surface area contributed by atoms with Crippen molar-refractivity contribution < 1.29 is 5.11 Å². The molecule has 2 aromatic heterocycles. The summed E-state index contributed by atoms with van der Waals surface area (Å²) in [4.78, 5) is 25.5. The van der Waals surface area contributed by atoms with E-state index in [1.807, 2.05) is 13.8 Å². The lowest BCUT2D eigenvalue weighted by atomic mass is 10.3. The average Bonchev–Trinajstić information content (AvgIpc) is 2.74. The maximum atomic E-state index is 8.88. The van der Waals surface area contributed by atoms with Crippen molar-refractivity contribution in [3.63, 3.8) is 0 Å². The second-order valence-corrected chi connectivity index (χ2v) is 6.63. The SMILES string of the molecule is CCNc1nc(N)nc(NCCCCNc2nc(NCC)nc(NCCCCO)n2)n1. The maximum Gasteiger partial charge on any atom is 0.229 e. The van der Waals surface area contributed by atoms with Crippen LogP contribution in [0, 0.1) is 0 Å². The molecule has 13 heteroatoms. The van der Waals surface area contributed by atoms with E-state index < -0.39 is 0 Å². The first-order valence-corrected chi connectivity index (χ1v) is 10.7. The maximum absolute atomic E-state index is 8.88. The predicted octanol–water partition coefficient (Wildman–Crippen LogP) is 0.991. The van der Waals surface area contributed by atoms with Gasteiger partial charge in [0.15, 0.2) is 0 Å². The van der Waals surface area contributed by atoms with Crippen LogP contribution in [0.4, 0.5) is 35.7 Å². The number of nitrogens with two attached hydrogens (primary N) is 1. The van der Waals surface area contributed by atoms with Gasteiger partial charge in [-0.2, -0.15) is 29.9 Å². The lowest BCUT2D eigenvalue weighted by Gasteiger charge is -2.11. The summed E-state index contributed by atoms with van der Waals surface area (Å²) >= 11 is 0. The molecule has 0 unspecified atom stereocenters. The summed E-state index contributed by atoms with van der Waals surface area (Å²) in [6.45, 7) is 7.66. The molecule has 0 amide bonds. The number of nitrogens with zero attached hydrogens (tertiary/aromatic N) is 6. The molecule has 31 heavy (non-hydrogen) atoms. The highest BCUT2D eigenvalue weighted by atomic mass is 16.2. The van der Waals surface area contributed by atoms with Gasteiger partial charge in [-0.1, -0.05) is 0 Å². The van der Waals surface area contributed by atoms with E-state index in [1.165, 1.54) is 0 Å². The Hall–Kier alpha value is -3.22. The smallest absolute Gasteiger partial charge is 0.229 e. The van der Waals surface area contributed by atoms with Gasteiger partial charge in [-0.15, -0.1) is 0 Å². The molecule has 0 aliphatic carbocycles. The molecular formula is C18H34N12O. The Kier molecular flexibility index (Phi) is 10.8. The van der Waals surface area contributed by atoms with Crippen LogP contribution in [0.1, 0.15) is 39.5 Å². The number of nitrogens with one attached hydrogen (secondary N) is 5. The summed E-state index contributed by atoms with van der Waals surface area (Å²) in [5, 5.41) is 24.6. The molecule has 2 aromatic rings. The minimum Gasteiger partial charge on any atom is -0.396 e. The van der Waals surface area contributed by atoms with Gasteiger partial charge in [0.1, 0.15) is 0 Å². The number of aromatic nitrogens is 6. The summed E-state index contributed by atoms with van der Waals surface area (Å²) in [6.07, 6.45) is 3.38. The molecule has 2 rings (SSSR count). The van der Waals surface area contributed by atoms with Gasteiger partial charge in [0.2, 0.25) is 35.7 Å². The number of nitrogen functional groups attached to an aromatic ring is 1. The van der Waals surface area contributed by atoms with Crippen LogP contribution in [0.15, 0.2) is 0 Å². The number of rotatable bonds is 16. The van der Waals surface area contributed by atoms with E-state index in [9.17, 15) is 0 Å². The summed E-state index contributed by atoms with van der Waals surface area (Å²) in [7, 11) is 0. The van der Waals surface area contributed by atoms with Gasteiger partial charge in [0.25, 0.3) is 0 Å². The third-order valence-electron chi connectivity index (χ3n) is 4.00. The Morgan fingerprint density at radius 2 is 0.935 bits per heavy atom. The number of anilines is 6. The van der Waals surface area contributed by atoms with Crippen molar-refractivity contribution in [3.05, 3.63) is 0 Å². The van der Waals surface area contributed by atoms with Crippen LogP contribution in [-0.2, 0) is 0 Å². The van der Waals surface area contributed by atoms with E-state index in [2.05, 4.69) is 56.5 Å². The minimum absolute atomic E-state index is 0.181. The van der Waals surface area contributed by atoms with Crippen LogP contribution in [0.2, 0.25) is 0 Å². The molecule has 0 saturated heterocycles. The second-order valence-electron chi connectivity index (χ2n) is 6.63. The Morgan fingerprint density at radius 3 is 1.35 bits per heavy atom. The van der Waals surface area contributed by atoms with Crippen LogP contribution >= 0.6 is 0 Å². The van der Waals surface area contributed by atoms with Crippen molar-refractivity contribution in [1.82, 2.24) is 29.9 Å². The monoisotopic (exact) mass is 434 g/mol. The largest absolute Gasteiger partial charge is 0.396 e. The first-order chi connectivity index (χ1) is 15.1. The Bertz CT molecular complexity index is 775. The van der Waals surface area contributed by atoms with Crippen molar-refractivity contribution in [2.24, 2.45) is 0 Å². The number of hydrogen-bond donors (Lipinski definition) is 7. The van der Waals surface area contributed by atoms with Gasteiger partial charge < -0.3 is 37.4 Å². The van der Waals surface area contributed by atoms with Crippen LogP contribution in [0.3, 0.4) is 0 Å². The van der Waals surface area contributed by atoms with E-state index in [-0.39, 0.29) is 12.6 Å². The fourth-order valence-electron chi connectivity index (χ4n) is 2.57. The molecule has 0 aromatic carbocycles. The summed E-state index contributed by atoms with van der Waals surface area (Å²) in [5.41, 5.74) is 5.70. The summed E-state index contributed by atoms with van der Waals surface area (Å²) in [5.74, 6) is 2.66. The number of aliphatic hydroxyl groups excluding tert-OH is 1. The molecule has 2 heterocycles. The standard InChI is InChI=1S/C18H34N12O/c1-3-20-14-25-13(19)26-16(27-14)22-9-5-6-10-23-17-28-15(21-4-2)29-18(30-17)24-11-7-8-12-31/h31H,3-12H2,1-2H3,(H4,19,20,22,25,26,27)(H3,21,23,24,28,29,30). The number of hydrogen-bond acceptors (Lipinski definition) is 13. The normalized spacial score (nSPS) is 10.5. The lowest BCUT2D eigenvalue weighted by molar-refractivity contribution is 0.286. The first-order valence-electron chi connectivity index (χ1n) is 10.7. The Labute approximate surface area is 182 Å². The zero-order chi connectivity index (χ0) is 22.3. The van der Waals surface area contributed by atoms with Crippen molar-refractivity contribution >= 4 is 35.7 Å². The highest BCUT2D eigenvalue weighted by Crippen LogP contribution is 2.10. The van der Waals surface area contributed by atoms with Crippen LogP contribution in [0.5, 0.6) is 0 Å². The van der Waals surface area contributed by atoms with Gasteiger partial charge in [0.05, 0.1) is 0 Å². The predicted molar refractivity (Wildman–Crippen MR) is 123 cm³/mol. The van der Waals surface area contributed by atoms with Gasteiger partial charge in [-0.25, -0.2) is 0 Å². The fraction of sp³-hybridized carbons (Fsp3) is 0.667. The topological polar surface area (TPSA) is 184 Å². The molecular weight excluding hydrogens is 400 g/mol. The molecule has 0 aliphatic rings. The molecule has 13 nitrogen and oxygen atoms in total. The molecule has 0 radical (unpaired) electrons. The quantitative estimate of drug-likeness (QED) is 0.186. The average molecular weight is 435 g/mol. The van der Waals surface area contributed by atoms with Crippen molar-refractivity contribution in [1.29, 1.82) is 0 Å². The molecule has 0 atom stereocenters. The molecule has 0 saturated carbocycles. The number of unbranched alkanes of at least 4 members (excludes halogenated alkanes) is 2. The van der Waals surface area contributed by atoms with Gasteiger partial charge in [-0.05, 0) is 39.5 Å².